The van der Waals surface area contributed by atoms with E-state index in [9.17, 15) is 22.4 Å². The van der Waals surface area contributed by atoms with E-state index in [0.717, 1.165) is 24.2 Å². The molecule has 1 saturated carbocycles. The summed E-state index contributed by atoms with van der Waals surface area (Å²) in [6.45, 7) is -0.609. The lowest BCUT2D eigenvalue weighted by Gasteiger charge is -2.18. The first-order valence-electron chi connectivity index (χ1n) is 11.4. The van der Waals surface area contributed by atoms with E-state index in [1.165, 1.54) is 23.6 Å². The lowest BCUT2D eigenvalue weighted by molar-refractivity contribution is -0.144. The Morgan fingerprint density at radius 3 is 2.78 bits per heavy atom. The number of fused-ring (bicyclic) bond motifs is 2. The zero-order valence-electron chi connectivity index (χ0n) is 18.9. The van der Waals surface area contributed by atoms with Gasteiger partial charge in [0, 0.05) is 23.8 Å². The highest BCUT2D eigenvalue weighted by Gasteiger charge is 2.47. The summed E-state index contributed by atoms with van der Waals surface area (Å²) in [4.78, 5) is 25.6. The van der Waals surface area contributed by atoms with E-state index in [0.29, 0.717) is 28.9 Å². The van der Waals surface area contributed by atoms with Gasteiger partial charge in [-0.1, -0.05) is 6.07 Å². The third-order valence-electron chi connectivity index (χ3n) is 6.68. The van der Waals surface area contributed by atoms with Gasteiger partial charge in [-0.25, -0.2) is 9.67 Å². The van der Waals surface area contributed by atoms with E-state index in [4.69, 9.17) is 4.42 Å². The van der Waals surface area contributed by atoms with Crippen molar-refractivity contribution in [3.63, 3.8) is 0 Å². The highest BCUT2D eigenvalue weighted by atomic mass is 19.4. The molecule has 1 aromatic carbocycles. The van der Waals surface area contributed by atoms with Gasteiger partial charge in [-0.2, -0.15) is 27.8 Å². The number of hydrogen-bond donors (Lipinski definition) is 2. The summed E-state index contributed by atoms with van der Waals surface area (Å²) in [5.41, 5.74) is 1.51. The fraction of sp³-hybridized carbons (Fsp3) is 0.391. The van der Waals surface area contributed by atoms with Gasteiger partial charge in [0.05, 0.1) is 5.69 Å². The first kappa shape index (κ1) is 22.7. The molecule has 1 aliphatic carbocycles. The number of rotatable bonds is 6. The first-order chi connectivity index (χ1) is 17.3. The third kappa shape index (κ3) is 3.92. The minimum Gasteiger partial charge on any atom is -0.430 e. The van der Waals surface area contributed by atoms with Gasteiger partial charge >= 0.3 is 12.2 Å². The van der Waals surface area contributed by atoms with Crippen LogP contribution in [-0.2, 0) is 24.9 Å². The minimum atomic E-state index is -4.70. The normalized spacial score (nSPS) is 16.8. The smallest absolute Gasteiger partial charge is 0.408 e. The molecule has 9 nitrogen and oxygen atoms in total. The molecule has 2 N–H and O–H groups in total. The van der Waals surface area contributed by atoms with Crippen LogP contribution in [0, 0.1) is 0 Å². The number of nitrogens with one attached hydrogen (secondary N) is 2. The van der Waals surface area contributed by atoms with Crippen LogP contribution in [0.2, 0.25) is 0 Å². The second-order valence-electron chi connectivity index (χ2n) is 9.19. The fourth-order valence-corrected chi connectivity index (χ4v) is 4.49. The minimum absolute atomic E-state index is 0.0866. The van der Waals surface area contributed by atoms with Crippen LogP contribution in [0.25, 0.3) is 17.0 Å². The summed E-state index contributed by atoms with van der Waals surface area (Å²) >= 11 is 0. The molecule has 0 spiro atoms. The lowest BCUT2D eigenvalue weighted by atomic mass is 10.0. The maximum Gasteiger partial charge on any atom is 0.408 e. The molecule has 0 amide bonds. The SMILES string of the molecule is O=c1c2cnc(Nc3ccc4c(c3)CCNC4)nc2n(-c2nc(C3(CF)CC3)co2)n1CC(F)(F)F. The molecule has 3 aromatic heterocycles. The van der Waals surface area contributed by atoms with Crippen molar-refractivity contribution in [1.29, 1.82) is 0 Å². The Morgan fingerprint density at radius 2 is 2.03 bits per heavy atom. The maximum atomic E-state index is 13.5. The Morgan fingerprint density at radius 1 is 1.19 bits per heavy atom. The molecule has 6 rings (SSSR count). The summed E-state index contributed by atoms with van der Waals surface area (Å²) in [7, 11) is 0. The number of oxazole rings is 1. The number of hydrogen-bond acceptors (Lipinski definition) is 7. The van der Waals surface area contributed by atoms with Crippen LogP contribution in [0.3, 0.4) is 0 Å². The van der Waals surface area contributed by atoms with E-state index >= 15 is 0 Å². The summed E-state index contributed by atoms with van der Waals surface area (Å²) < 4.78 is 60.5. The molecule has 0 unspecified atom stereocenters. The second kappa shape index (κ2) is 8.15. The number of anilines is 2. The first-order valence-corrected chi connectivity index (χ1v) is 11.4. The molecule has 188 valence electrons. The summed E-state index contributed by atoms with van der Waals surface area (Å²) in [6.07, 6.45) is -0.328. The van der Waals surface area contributed by atoms with Crippen molar-refractivity contribution in [3.8, 4) is 6.01 Å². The largest absolute Gasteiger partial charge is 0.430 e. The molecule has 0 radical (unpaired) electrons. The molecule has 4 heterocycles. The summed E-state index contributed by atoms with van der Waals surface area (Å²) in [6, 6.07) is 5.50. The number of aromatic nitrogens is 5. The van der Waals surface area contributed by atoms with Gasteiger partial charge in [0.1, 0.15) is 24.9 Å². The zero-order chi connectivity index (χ0) is 25.1. The highest BCUT2D eigenvalue weighted by molar-refractivity contribution is 5.76. The molecule has 13 heteroatoms. The highest BCUT2D eigenvalue weighted by Crippen LogP contribution is 2.48. The van der Waals surface area contributed by atoms with Crippen molar-refractivity contribution >= 4 is 22.7 Å². The Labute approximate surface area is 201 Å². The van der Waals surface area contributed by atoms with Crippen LogP contribution < -0.4 is 16.2 Å². The van der Waals surface area contributed by atoms with Crippen molar-refractivity contribution in [2.45, 2.75) is 43.9 Å². The number of nitrogens with zero attached hydrogens (tertiary/aromatic N) is 5. The summed E-state index contributed by atoms with van der Waals surface area (Å²) in [5.74, 6) is 0.0866. The summed E-state index contributed by atoms with van der Waals surface area (Å²) in [5, 5.41) is 6.23. The van der Waals surface area contributed by atoms with Crippen LogP contribution in [0.4, 0.5) is 29.2 Å². The molecule has 36 heavy (non-hydrogen) atoms. The molecule has 0 atom stereocenters. The van der Waals surface area contributed by atoms with E-state index in [2.05, 4.69) is 25.6 Å². The Kier molecular flexibility index (Phi) is 5.14. The molecular formula is C23H21F4N7O2. The Bertz CT molecular complexity index is 1520. The molecule has 1 aliphatic heterocycles. The monoisotopic (exact) mass is 503 g/mol. The number of halogens is 4. The second-order valence-corrected chi connectivity index (χ2v) is 9.19. The average molecular weight is 503 g/mol. The van der Waals surface area contributed by atoms with Gasteiger partial charge in [-0.15, -0.1) is 0 Å². The predicted molar refractivity (Wildman–Crippen MR) is 121 cm³/mol. The predicted octanol–water partition coefficient (Wildman–Crippen LogP) is 3.52. The van der Waals surface area contributed by atoms with Crippen LogP contribution in [0.1, 0.15) is 29.7 Å². The number of alkyl halides is 4. The van der Waals surface area contributed by atoms with E-state index < -0.39 is 30.4 Å². The van der Waals surface area contributed by atoms with Crippen LogP contribution in [-0.4, -0.2) is 43.7 Å². The molecule has 2 aliphatic rings. The third-order valence-corrected chi connectivity index (χ3v) is 6.68. The van der Waals surface area contributed by atoms with Gasteiger partial charge in [-0.05, 0) is 49.1 Å². The standard InChI is InChI=1S/C23H21F4N7O2/c24-11-22(4-5-22)17-10-36-21(31-17)34-18-16(19(35)33(34)12-23(25,26)27)9-29-20(32-18)30-15-2-1-14-8-28-6-3-13(14)7-15/h1-2,7,9-10,28H,3-6,8,11-12H2,(H,29,30,32). The lowest BCUT2D eigenvalue weighted by Crippen LogP contribution is -2.30. The van der Waals surface area contributed by atoms with Crippen molar-refractivity contribution in [3.05, 3.63) is 57.8 Å². The van der Waals surface area contributed by atoms with Crippen LogP contribution in [0.15, 0.2) is 39.9 Å². The van der Waals surface area contributed by atoms with Crippen molar-refractivity contribution in [2.75, 3.05) is 18.5 Å². The Hall–Kier alpha value is -3.74. The van der Waals surface area contributed by atoms with E-state index in [1.807, 2.05) is 18.2 Å². The van der Waals surface area contributed by atoms with Crippen LogP contribution >= 0.6 is 0 Å². The van der Waals surface area contributed by atoms with Gasteiger partial charge in [0.25, 0.3) is 5.56 Å². The van der Waals surface area contributed by atoms with Gasteiger partial charge in [0.2, 0.25) is 5.95 Å². The molecular weight excluding hydrogens is 482 g/mol. The van der Waals surface area contributed by atoms with E-state index in [1.54, 1.807) is 0 Å². The van der Waals surface area contributed by atoms with Crippen LogP contribution in [0.5, 0.6) is 0 Å². The topological polar surface area (TPSA) is 103 Å². The van der Waals surface area contributed by atoms with Gasteiger partial charge in [-0.3, -0.25) is 9.18 Å². The van der Waals surface area contributed by atoms with Crippen molar-refractivity contribution < 1.29 is 22.0 Å². The zero-order valence-corrected chi connectivity index (χ0v) is 18.9. The maximum absolute atomic E-state index is 13.5. The van der Waals surface area contributed by atoms with Gasteiger partial charge in [0.15, 0.2) is 5.65 Å². The molecule has 0 saturated heterocycles. The molecule has 4 aromatic rings. The molecule has 0 bridgehead atoms. The number of benzene rings is 1. The van der Waals surface area contributed by atoms with Gasteiger partial charge < -0.3 is 15.1 Å². The van der Waals surface area contributed by atoms with Crippen molar-refractivity contribution in [1.82, 2.24) is 29.6 Å². The average Bonchev–Trinajstić information content (AvgIpc) is 3.43. The van der Waals surface area contributed by atoms with Crippen molar-refractivity contribution in [2.24, 2.45) is 0 Å². The molecule has 1 fully saturated rings. The quantitative estimate of drug-likeness (QED) is 0.388. The Balaban J connectivity index is 1.44. The van der Waals surface area contributed by atoms with E-state index in [-0.39, 0.29) is 23.0 Å². The fourth-order valence-electron chi connectivity index (χ4n) is 4.49.